The van der Waals surface area contributed by atoms with Crippen molar-refractivity contribution in [2.75, 3.05) is 5.32 Å². The van der Waals surface area contributed by atoms with Crippen molar-refractivity contribution < 1.29 is 0 Å². The van der Waals surface area contributed by atoms with Gasteiger partial charge in [-0.15, -0.1) is 5.10 Å². The number of hydrogen-bond acceptors (Lipinski definition) is 4. The molecule has 1 heterocycles. The van der Waals surface area contributed by atoms with Crippen molar-refractivity contribution in [1.29, 1.82) is 0 Å². The van der Waals surface area contributed by atoms with Gasteiger partial charge in [0.15, 0.2) is 0 Å². The molecule has 5 heteroatoms. The fourth-order valence-corrected chi connectivity index (χ4v) is 1.94. The molecule has 1 atom stereocenters. The highest BCUT2D eigenvalue weighted by Crippen LogP contribution is 2.17. The van der Waals surface area contributed by atoms with Crippen LogP contribution >= 0.6 is 0 Å². The van der Waals surface area contributed by atoms with Crippen molar-refractivity contribution in [1.82, 2.24) is 20.2 Å². The molecule has 96 valence electrons. The quantitative estimate of drug-likeness (QED) is 0.879. The average molecular weight is 245 g/mol. The lowest BCUT2D eigenvalue weighted by molar-refractivity contribution is 0.511. The van der Waals surface area contributed by atoms with E-state index in [1.165, 1.54) is 0 Å². The summed E-state index contributed by atoms with van der Waals surface area (Å²) in [6, 6.07) is 8.63. The van der Waals surface area contributed by atoms with Crippen molar-refractivity contribution in [2.24, 2.45) is 5.92 Å². The largest absolute Gasteiger partial charge is 0.382 e. The Balaban J connectivity index is 2.08. The summed E-state index contributed by atoms with van der Waals surface area (Å²) in [6.07, 6.45) is 2.71. The van der Waals surface area contributed by atoms with Crippen LogP contribution in [0.2, 0.25) is 0 Å². The molecule has 0 saturated heterocycles. The van der Waals surface area contributed by atoms with Crippen molar-refractivity contribution in [3.8, 4) is 5.69 Å². The third kappa shape index (κ3) is 2.85. The van der Waals surface area contributed by atoms with E-state index in [1.54, 1.807) is 11.0 Å². The van der Waals surface area contributed by atoms with Crippen LogP contribution in [0.25, 0.3) is 5.69 Å². The monoisotopic (exact) mass is 245 g/mol. The molecule has 1 unspecified atom stereocenters. The van der Waals surface area contributed by atoms with E-state index in [4.69, 9.17) is 0 Å². The van der Waals surface area contributed by atoms with E-state index >= 15 is 0 Å². The Morgan fingerprint density at radius 1 is 1.22 bits per heavy atom. The van der Waals surface area contributed by atoms with Gasteiger partial charge in [-0.25, -0.2) is 4.68 Å². The van der Waals surface area contributed by atoms with Gasteiger partial charge in [-0.2, -0.15) is 0 Å². The molecule has 0 radical (unpaired) electrons. The predicted molar refractivity (Wildman–Crippen MR) is 71.7 cm³/mol. The van der Waals surface area contributed by atoms with E-state index in [2.05, 4.69) is 53.7 Å². The highest BCUT2D eigenvalue weighted by Gasteiger charge is 2.10. The molecular weight excluding hydrogens is 226 g/mol. The number of aromatic nitrogens is 4. The van der Waals surface area contributed by atoms with Gasteiger partial charge in [0, 0.05) is 11.7 Å². The summed E-state index contributed by atoms with van der Waals surface area (Å²) in [4.78, 5) is 0. The van der Waals surface area contributed by atoms with Crippen LogP contribution < -0.4 is 5.32 Å². The second-order valence-corrected chi connectivity index (χ2v) is 4.70. The van der Waals surface area contributed by atoms with Crippen LogP contribution in [0, 0.1) is 5.92 Å². The molecule has 1 aromatic heterocycles. The Kier molecular flexibility index (Phi) is 3.92. The molecule has 1 N–H and O–H groups in total. The number of rotatable bonds is 5. The zero-order chi connectivity index (χ0) is 13.0. The van der Waals surface area contributed by atoms with E-state index in [9.17, 15) is 0 Å². The summed E-state index contributed by atoms with van der Waals surface area (Å²) >= 11 is 0. The molecular formula is C13H19N5. The van der Waals surface area contributed by atoms with E-state index in [0.29, 0.717) is 12.0 Å². The fraction of sp³-hybridized carbons (Fsp3) is 0.462. The summed E-state index contributed by atoms with van der Waals surface area (Å²) < 4.78 is 1.64. The van der Waals surface area contributed by atoms with Crippen LogP contribution in [0.15, 0.2) is 30.6 Å². The molecule has 0 fully saturated rings. The van der Waals surface area contributed by atoms with Crippen molar-refractivity contribution in [2.45, 2.75) is 33.2 Å². The van der Waals surface area contributed by atoms with Gasteiger partial charge in [-0.1, -0.05) is 20.8 Å². The number of tetrazole rings is 1. The van der Waals surface area contributed by atoms with Gasteiger partial charge in [0.2, 0.25) is 0 Å². The van der Waals surface area contributed by atoms with Crippen LogP contribution in [0.3, 0.4) is 0 Å². The minimum atomic E-state index is 0.504. The van der Waals surface area contributed by atoms with Gasteiger partial charge in [-0.3, -0.25) is 0 Å². The van der Waals surface area contributed by atoms with Crippen LogP contribution in [-0.2, 0) is 0 Å². The van der Waals surface area contributed by atoms with Crippen molar-refractivity contribution in [3.63, 3.8) is 0 Å². The Morgan fingerprint density at radius 2 is 1.94 bits per heavy atom. The third-order valence-corrected chi connectivity index (χ3v) is 3.08. The molecule has 0 aliphatic rings. The number of benzene rings is 1. The van der Waals surface area contributed by atoms with Crippen LogP contribution in [0.1, 0.15) is 27.2 Å². The van der Waals surface area contributed by atoms with Crippen LogP contribution in [-0.4, -0.2) is 26.2 Å². The summed E-state index contributed by atoms with van der Waals surface area (Å²) in [5.41, 5.74) is 2.09. The Morgan fingerprint density at radius 3 is 2.44 bits per heavy atom. The molecule has 2 rings (SSSR count). The number of nitrogens with one attached hydrogen (secondary N) is 1. The number of nitrogens with zero attached hydrogens (tertiary/aromatic N) is 4. The van der Waals surface area contributed by atoms with Crippen LogP contribution in [0.4, 0.5) is 5.69 Å². The van der Waals surface area contributed by atoms with E-state index in [1.807, 2.05) is 12.1 Å². The van der Waals surface area contributed by atoms with Gasteiger partial charge in [-0.05, 0) is 47.0 Å². The SMILES string of the molecule is CCC(Nc1ccc(-n2cnnn2)cc1)C(C)C. The maximum atomic E-state index is 3.86. The topological polar surface area (TPSA) is 55.6 Å². The summed E-state index contributed by atoms with van der Waals surface area (Å²) in [6.45, 7) is 6.67. The second kappa shape index (κ2) is 5.62. The highest BCUT2D eigenvalue weighted by atomic mass is 15.5. The van der Waals surface area contributed by atoms with Gasteiger partial charge in [0.1, 0.15) is 6.33 Å². The second-order valence-electron chi connectivity index (χ2n) is 4.70. The summed E-state index contributed by atoms with van der Waals surface area (Å²) in [5.74, 6) is 0.620. The molecule has 2 aromatic rings. The number of anilines is 1. The lowest BCUT2D eigenvalue weighted by Gasteiger charge is -2.22. The van der Waals surface area contributed by atoms with Gasteiger partial charge >= 0.3 is 0 Å². The van der Waals surface area contributed by atoms with Gasteiger partial charge in [0.25, 0.3) is 0 Å². The number of hydrogen-bond donors (Lipinski definition) is 1. The molecule has 0 bridgehead atoms. The first-order valence-corrected chi connectivity index (χ1v) is 6.30. The molecule has 5 nitrogen and oxygen atoms in total. The molecule has 18 heavy (non-hydrogen) atoms. The average Bonchev–Trinajstić information content (AvgIpc) is 2.90. The lowest BCUT2D eigenvalue weighted by Crippen LogP contribution is -2.24. The van der Waals surface area contributed by atoms with Crippen molar-refractivity contribution in [3.05, 3.63) is 30.6 Å². The molecule has 1 aromatic carbocycles. The zero-order valence-corrected chi connectivity index (χ0v) is 11.0. The molecule has 0 aliphatic carbocycles. The third-order valence-electron chi connectivity index (χ3n) is 3.08. The Bertz CT molecular complexity index is 461. The van der Waals surface area contributed by atoms with Crippen molar-refractivity contribution >= 4 is 5.69 Å². The highest BCUT2D eigenvalue weighted by molar-refractivity contribution is 5.49. The normalized spacial score (nSPS) is 12.7. The lowest BCUT2D eigenvalue weighted by atomic mass is 10.0. The smallest absolute Gasteiger partial charge is 0.143 e. The minimum absolute atomic E-state index is 0.504. The first-order chi connectivity index (χ1) is 8.70. The maximum Gasteiger partial charge on any atom is 0.143 e. The van der Waals surface area contributed by atoms with E-state index in [-0.39, 0.29) is 0 Å². The standard InChI is InChI=1S/C13H19N5/c1-4-13(10(2)3)15-11-5-7-12(8-6-11)18-9-14-16-17-18/h5-10,13,15H,4H2,1-3H3. The minimum Gasteiger partial charge on any atom is -0.382 e. The molecule has 0 saturated carbocycles. The molecule has 0 aliphatic heterocycles. The first kappa shape index (κ1) is 12.5. The van der Waals surface area contributed by atoms with E-state index < -0.39 is 0 Å². The zero-order valence-electron chi connectivity index (χ0n) is 11.0. The fourth-order valence-electron chi connectivity index (χ4n) is 1.94. The Labute approximate surface area is 107 Å². The molecule has 0 spiro atoms. The summed E-state index contributed by atoms with van der Waals surface area (Å²) in [5, 5.41) is 14.6. The first-order valence-electron chi connectivity index (χ1n) is 6.30. The predicted octanol–water partition coefficient (Wildman–Crippen LogP) is 2.51. The molecule has 0 amide bonds. The van der Waals surface area contributed by atoms with E-state index in [0.717, 1.165) is 17.8 Å². The summed E-state index contributed by atoms with van der Waals surface area (Å²) in [7, 11) is 0. The Hall–Kier alpha value is -1.91. The van der Waals surface area contributed by atoms with Crippen LogP contribution in [0.5, 0.6) is 0 Å². The maximum absolute atomic E-state index is 3.86. The van der Waals surface area contributed by atoms with Gasteiger partial charge in [0.05, 0.1) is 5.69 Å². The van der Waals surface area contributed by atoms with Gasteiger partial charge < -0.3 is 5.32 Å².